The lowest BCUT2D eigenvalue weighted by Crippen LogP contribution is -2.37. The second-order valence-corrected chi connectivity index (χ2v) is 6.53. The molecular formula is C19H23N3O2. The van der Waals surface area contributed by atoms with Crippen molar-refractivity contribution in [2.45, 2.75) is 33.6 Å². The smallest absolute Gasteiger partial charge is 0.402 e. The fourth-order valence-electron chi connectivity index (χ4n) is 3.09. The first-order chi connectivity index (χ1) is 11.5. The Morgan fingerprint density at radius 3 is 2.75 bits per heavy atom. The lowest BCUT2D eigenvalue weighted by atomic mass is 10.1. The molecule has 0 fully saturated rings. The summed E-state index contributed by atoms with van der Waals surface area (Å²) < 4.78 is 6.30. The van der Waals surface area contributed by atoms with Crippen LogP contribution in [0.1, 0.15) is 36.5 Å². The van der Waals surface area contributed by atoms with Crippen LogP contribution < -0.4 is 9.47 Å². The van der Waals surface area contributed by atoms with Crippen LogP contribution in [0.15, 0.2) is 30.5 Å². The van der Waals surface area contributed by atoms with Crippen molar-refractivity contribution in [2.24, 2.45) is 5.92 Å². The predicted molar refractivity (Wildman–Crippen MR) is 94.1 cm³/mol. The Bertz CT molecular complexity index is 868. The number of benzene rings is 1. The summed E-state index contributed by atoms with van der Waals surface area (Å²) in [5, 5.41) is 13.9. The molecule has 2 aromatic heterocycles. The minimum Gasteiger partial charge on any atom is -0.616 e. The van der Waals surface area contributed by atoms with E-state index in [2.05, 4.69) is 29.9 Å². The van der Waals surface area contributed by atoms with Crippen LogP contribution in [0.2, 0.25) is 0 Å². The van der Waals surface area contributed by atoms with E-state index in [0.717, 1.165) is 26.9 Å². The normalized spacial score (nSPS) is 11.4. The molecule has 0 atom stereocenters. The third kappa shape index (κ3) is 2.94. The molecule has 0 amide bonds. The molecule has 0 aliphatic carbocycles. The van der Waals surface area contributed by atoms with Gasteiger partial charge in [0.05, 0.1) is 7.11 Å². The third-order valence-corrected chi connectivity index (χ3v) is 4.22. The zero-order valence-electron chi connectivity index (χ0n) is 14.6. The van der Waals surface area contributed by atoms with E-state index in [0.29, 0.717) is 36.0 Å². The number of aryl methyl sites for hydroxylation is 1. The molecular weight excluding hydrogens is 302 g/mol. The number of para-hydroxylation sites is 1. The SMILES string of the molecule is COc1c(Cc2c[nH]c3ccccc23)nc(C)c(CC(C)C)[n+]1[O-]. The molecule has 5 nitrogen and oxygen atoms in total. The van der Waals surface area contributed by atoms with Gasteiger partial charge in [0.15, 0.2) is 5.69 Å². The molecule has 3 aromatic rings. The predicted octanol–water partition coefficient (Wildman–Crippen LogP) is 3.30. The van der Waals surface area contributed by atoms with Crippen molar-refractivity contribution in [3.63, 3.8) is 0 Å². The van der Waals surface area contributed by atoms with Crippen molar-refractivity contribution in [2.75, 3.05) is 7.11 Å². The van der Waals surface area contributed by atoms with Gasteiger partial charge in [-0.25, -0.2) is 4.98 Å². The number of aromatic nitrogens is 3. The lowest BCUT2D eigenvalue weighted by Gasteiger charge is -2.14. The van der Waals surface area contributed by atoms with E-state index in [9.17, 15) is 5.21 Å². The number of rotatable bonds is 5. The Morgan fingerprint density at radius 2 is 2.04 bits per heavy atom. The van der Waals surface area contributed by atoms with Crippen LogP contribution in [-0.2, 0) is 12.8 Å². The van der Waals surface area contributed by atoms with Crippen molar-refractivity contribution >= 4 is 10.9 Å². The van der Waals surface area contributed by atoms with Crippen LogP contribution in [0.3, 0.4) is 0 Å². The Morgan fingerprint density at radius 1 is 1.29 bits per heavy atom. The van der Waals surface area contributed by atoms with Gasteiger partial charge in [-0.15, -0.1) is 4.73 Å². The van der Waals surface area contributed by atoms with Gasteiger partial charge in [-0.2, -0.15) is 0 Å². The summed E-state index contributed by atoms with van der Waals surface area (Å²) in [4.78, 5) is 7.94. The zero-order chi connectivity index (χ0) is 17.3. The molecule has 5 heteroatoms. The fourth-order valence-corrected chi connectivity index (χ4v) is 3.09. The molecule has 0 aliphatic heterocycles. The minimum absolute atomic E-state index is 0.293. The quantitative estimate of drug-likeness (QED) is 0.578. The molecule has 0 radical (unpaired) electrons. The standard InChI is InChI=1S/C19H23N3O2/c1-12(2)9-18-13(3)21-17(19(24-4)22(18)23)10-14-11-20-16-8-6-5-7-15(14)16/h5-8,11-12,20H,9-10H2,1-4H3. The highest BCUT2D eigenvalue weighted by Gasteiger charge is 2.24. The number of aromatic amines is 1. The summed E-state index contributed by atoms with van der Waals surface area (Å²) in [6.07, 6.45) is 3.21. The second kappa shape index (κ2) is 6.51. The molecule has 3 rings (SSSR count). The van der Waals surface area contributed by atoms with Gasteiger partial charge in [-0.05, 0) is 24.5 Å². The number of hydrogen-bond acceptors (Lipinski definition) is 3. The van der Waals surface area contributed by atoms with Gasteiger partial charge in [-0.1, -0.05) is 32.0 Å². The maximum atomic E-state index is 12.7. The molecule has 0 spiro atoms. The largest absolute Gasteiger partial charge is 0.616 e. The highest BCUT2D eigenvalue weighted by Crippen LogP contribution is 2.24. The molecule has 1 N–H and O–H groups in total. The van der Waals surface area contributed by atoms with Crippen molar-refractivity contribution < 1.29 is 9.47 Å². The van der Waals surface area contributed by atoms with Crippen LogP contribution in [0.5, 0.6) is 5.88 Å². The van der Waals surface area contributed by atoms with Crippen LogP contribution >= 0.6 is 0 Å². The number of methoxy groups -OCH3 is 1. The van der Waals surface area contributed by atoms with Crippen LogP contribution in [-0.4, -0.2) is 17.1 Å². The summed E-state index contributed by atoms with van der Waals surface area (Å²) in [6.45, 7) is 6.07. The highest BCUT2D eigenvalue weighted by atomic mass is 16.5. The first-order valence-corrected chi connectivity index (χ1v) is 8.22. The first-order valence-electron chi connectivity index (χ1n) is 8.22. The van der Waals surface area contributed by atoms with E-state index in [4.69, 9.17) is 4.74 Å². The number of fused-ring (bicyclic) bond motifs is 1. The lowest BCUT2D eigenvalue weighted by molar-refractivity contribution is -0.622. The number of hydrogen-bond donors (Lipinski definition) is 1. The van der Waals surface area contributed by atoms with E-state index >= 15 is 0 Å². The summed E-state index contributed by atoms with van der Waals surface area (Å²) in [5.74, 6) is 0.677. The Kier molecular flexibility index (Phi) is 4.42. The summed E-state index contributed by atoms with van der Waals surface area (Å²) in [6, 6.07) is 8.11. The summed E-state index contributed by atoms with van der Waals surface area (Å²) in [7, 11) is 1.53. The Labute approximate surface area is 141 Å². The second-order valence-electron chi connectivity index (χ2n) is 6.53. The van der Waals surface area contributed by atoms with E-state index in [1.165, 1.54) is 7.11 Å². The van der Waals surface area contributed by atoms with Gasteiger partial charge in [0.2, 0.25) is 5.69 Å². The van der Waals surface area contributed by atoms with Crippen molar-refractivity contribution in [1.29, 1.82) is 0 Å². The minimum atomic E-state index is 0.293. The maximum Gasteiger partial charge on any atom is 0.402 e. The van der Waals surface area contributed by atoms with Crippen LogP contribution in [0.25, 0.3) is 10.9 Å². The fraction of sp³-hybridized carbons (Fsp3) is 0.368. The van der Waals surface area contributed by atoms with Crippen LogP contribution in [0, 0.1) is 18.0 Å². The molecule has 126 valence electrons. The van der Waals surface area contributed by atoms with Gasteiger partial charge in [0.1, 0.15) is 5.69 Å². The van der Waals surface area contributed by atoms with Gasteiger partial charge in [0, 0.05) is 29.9 Å². The third-order valence-electron chi connectivity index (χ3n) is 4.22. The number of nitrogens with one attached hydrogen (secondary N) is 1. The van der Waals surface area contributed by atoms with Gasteiger partial charge in [0.25, 0.3) is 0 Å². The van der Waals surface area contributed by atoms with Crippen molar-refractivity contribution in [3.05, 3.63) is 58.3 Å². The number of nitrogens with zero attached hydrogens (tertiary/aromatic N) is 2. The van der Waals surface area contributed by atoms with E-state index in [-0.39, 0.29) is 0 Å². The van der Waals surface area contributed by atoms with E-state index in [1.807, 2.05) is 31.3 Å². The van der Waals surface area contributed by atoms with Gasteiger partial charge in [-0.3, -0.25) is 0 Å². The monoisotopic (exact) mass is 325 g/mol. The average Bonchev–Trinajstić information content (AvgIpc) is 2.95. The highest BCUT2D eigenvalue weighted by molar-refractivity contribution is 5.83. The molecule has 0 aliphatic rings. The average molecular weight is 325 g/mol. The molecule has 24 heavy (non-hydrogen) atoms. The molecule has 1 aromatic carbocycles. The first kappa shape index (κ1) is 16.3. The summed E-state index contributed by atoms with van der Waals surface area (Å²) >= 11 is 0. The van der Waals surface area contributed by atoms with Crippen LogP contribution in [0.4, 0.5) is 0 Å². The van der Waals surface area contributed by atoms with Gasteiger partial charge < -0.3 is 14.9 Å². The maximum absolute atomic E-state index is 12.7. The molecule has 0 saturated carbocycles. The zero-order valence-corrected chi connectivity index (χ0v) is 14.6. The number of ether oxygens (including phenoxy) is 1. The molecule has 2 heterocycles. The van der Waals surface area contributed by atoms with Crippen molar-refractivity contribution in [3.8, 4) is 5.88 Å². The summed E-state index contributed by atoms with van der Waals surface area (Å²) in [5.41, 5.74) is 4.31. The van der Waals surface area contributed by atoms with E-state index in [1.54, 1.807) is 0 Å². The van der Waals surface area contributed by atoms with E-state index < -0.39 is 0 Å². The Balaban J connectivity index is 2.04. The van der Waals surface area contributed by atoms with Crippen molar-refractivity contribution in [1.82, 2.24) is 9.97 Å². The topological polar surface area (TPSA) is 64.8 Å². The Hall–Kier alpha value is -2.56. The van der Waals surface area contributed by atoms with Gasteiger partial charge >= 0.3 is 5.88 Å². The molecule has 0 unspecified atom stereocenters. The molecule has 0 bridgehead atoms. The molecule has 0 saturated heterocycles. The number of H-pyrrole nitrogens is 1.